The molecule has 0 aromatic heterocycles. The van der Waals surface area contributed by atoms with Gasteiger partial charge in [0.25, 0.3) is 11.8 Å². The van der Waals surface area contributed by atoms with Gasteiger partial charge in [-0.2, -0.15) is 0 Å². The molecule has 4 N–H and O–H groups in total. The van der Waals surface area contributed by atoms with Gasteiger partial charge in [0, 0.05) is 11.6 Å². The maximum absolute atomic E-state index is 12.1. The highest BCUT2D eigenvalue weighted by Crippen LogP contribution is 2.39. The van der Waals surface area contributed by atoms with Gasteiger partial charge >= 0.3 is 6.03 Å². The molecule has 2 aliphatic rings. The second-order valence-corrected chi connectivity index (χ2v) is 7.15. The van der Waals surface area contributed by atoms with Gasteiger partial charge in [0.05, 0.1) is 15.7 Å². The van der Waals surface area contributed by atoms with E-state index < -0.39 is 29.8 Å². The average Bonchev–Trinajstić information content (AvgIpc) is 2.65. The summed E-state index contributed by atoms with van der Waals surface area (Å²) < 4.78 is 5.57. The molecular weight excluding hydrogens is 439 g/mol. The summed E-state index contributed by atoms with van der Waals surface area (Å²) in [5, 5.41) is 9.98. The average molecular weight is 453 g/mol. The number of benzene rings is 1. The van der Waals surface area contributed by atoms with Gasteiger partial charge in [0.1, 0.15) is 0 Å². The molecule has 0 saturated carbocycles. The number of hydrogen-bond acceptors (Lipinski definition) is 7. The van der Waals surface area contributed by atoms with Gasteiger partial charge in [-0.25, -0.2) is 15.2 Å². The van der Waals surface area contributed by atoms with Crippen LogP contribution in [0.25, 0.3) is 0 Å². The highest BCUT2D eigenvalue weighted by atomic mass is 35.5. The van der Waals surface area contributed by atoms with Crippen LogP contribution < -0.4 is 26.2 Å². The molecule has 13 heteroatoms. The summed E-state index contributed by atoms with van der Waals surface area (Å²) in [5.74, 6) is -2.40. The van der Waals surface area contributed by atoms with E-state index >= 15 is 0 Å². The molecule has 3 rings (SSSR count). The molecule has 2 heterocycles. The number of azo groups is 1. The van der Waals surface area contributed by atoms with E-state index in [9.17, 15) is 19.2 Å². The van der Waals surface area contributed by atoms with Crippen molar-refractivity contribution >= 4 is 52.6 Å². The Hall–Kier alpha value is -3.28. The van der Waals surface area contributed by atoms with E-state index in [0.29, 0.717) is 11.1 Å². The smallest absolute Gasteiger partial charge is 0.343 e. The zero-order valence-electron chi connectivity index (χ0n) is 15.5. The zero-order valence-corrected chi connectivity index (χ0v) is 17.0. The molecule has 1 atom stereocenters. The number of allylic oxidation sites excluding steroid dienone is 1. The molecule has 11 nitrogen and oxygen atoms in total. The fraction of sp³-hybridized carbons (Fsp3) is 0.176. The molecule has 1 saturated heterocycles. The first kappa shape index (κ1) is 21.4. The van der Waals surface area contributed by atoms with Gasteiger partial charge in [-0.05, 0) is 26.0 Å². The predicted molar refractivity (Wildman–Crippen MR) is 106 cm³/mol. The number of amides is 5. The van der Waals surface area contributed by atoms with Crippen molar-refractivity contribution in [3.8, 4) is 5.75 Å². The van der Waals surface area contributed by atoms with Crippen molar-refractivity contribution in [3.05, 3.63) is 45.3 Å². The number of carbonyl (C=O) groups excluding carboxylic acids is 4. The van der Waals surface area contributed by atoms with E-state index in [2.05, 4.69) is 15.7 Å². The van der Waals surface area contributed by atoms with Crippen LogP contribution in [0.15, 0.2) is 45.5 Å². The summed E-state index contributed by atoms with van der Waals surface area (Å²) in [7, 11) is 0. The van der Waals surface area contributed by atoms with Crippen LogP contribution in [0.1, 0.15) is 13.8 Å². The highest BCUT2D eigenvalue weighted by Gasteiger charge is 2.36. The lowest BCUT2D eigenvalue weighted by atomic mass is 10.1. The van der Waals surface area contributed by atoms with Crippen molar-refractivity contribution < 1.29 is 23.9 Å². The number of nitrogens with one attached hydrogen (secondary N) is 2. The van der Waals surface area contributed by atoms with Crippen LogP contribution in [0.3, 0.4) is 0 Å². The summed E-state index contributed by atoms with van der Waals surface area (Å²) in [5.41, 5.74) is 8.69. The molecule has 5 amide bonds. The monoisotopic (exact) mass is 452 g/mol. The number of carbonyl (C=O) groups is 4. The number of ether oxygens (including phenoxy) is 1. The van der Waals surface area contributed by atoms with E-state index in [1.807, 2.05) is 5.32 Å². The van der Waals surface area contributed by atoms with Gasteiger partial charge in [-0.1, -0.05) is 28.8 Å². The highest BCUT2D eigenvalue weighted by molar-refractivity contribution is 6.37. The van der Waals surface area contributed by atoms with E-state index in [1.54, 1.807) is 13.8 Å². The SMILES string of the molecule is CC(C)=C1C=C(Oc2c(Cl)cc(N3NC(C(N)=O)C(=O)NC3=O)cc2Cl)N=NC1=O. The van der Waals surface area contributed by atoms with E-state index in [4.69, 9.17) is 33.7 Å². The molecule has 1 unspecified atom stereocenters. The number of hydrazine groups is 1. The fourth-order valence-corrected chi connectivity index (χ4v) is 3.07. The molecule has 2 aliphatic heterocycles. The summed E-state index contributed by atoms with van der Waals surface area (Å²) >= 11 is 12.5. The molecule has 30 heavy (non-hydrogen) atoms. The van der Waals surface area contributed by atoms with Crippen molar-refractivity contribution in [1.29, 1.82) is 0 Å². The lowest BCUT2D eigenvalue weighted by molar-refractivity contribution is -0.130. The Labute approximate surface area is 179 Å². The van der Waals surface area contributed by atoms with Crippen molar-refractivity contribution in [1.82, 2.24) is 10.7 Å². The predicted octanol–water partition coefficient (Wildman–Crippen LogP) is 1.96. The van der Waals surface area contributed by atoms with E-state index in [0.717, 1.165) is 5.01 Å². The maximum atomic E-state index is 12.1. The van der Waals surface area contributed by atoms with Crippen LogP contribution >= 0.6 is 23.2 Å². The van der Waals surface area contributed by atoms with Crippen LogP contribution in [0.2, 0.25) is 10.0 Å². The number of urea groups is 1. The molecule has 156 valence electrons. The van der Waals surface area contributed by atoms with Crippen LogP contribution in [-0.4, -0.2) is 29.8 Å². The number of nitrogens with zero attached hydrogens (tertiary/aromatic N) is 3. The fourth-order valence-electron chi connectivity index (χ4n) is 2.51. The third kappa shape index (κ3) is 4.17. The molecule has 0 spiro atoms. The Bertz CT molecular complexity index is 1050. The first-order valence-corrected chi connectivity index (χ1v) is 9.06. The van der Waals surface area contributed by atoms with Crippen molar-refractivity contribution in [2.24, 2.45) is 16.0 Å². The molecule has 1 aromatic carbocycles. The summed E-state index contributed by atoms with van der Waals surface area (Å²) in [4.78, 5) is 46.9. The van der Waals surface area contributed by atoms with Crippen LogP contribution in [0.5, 0.6) is 5.75 Å². The van der Waals surface area contributed by atoms with E-state index in [-0.39, 0.29) is 27.4 Å². The number of halogens is 2. The third-order valence-electron chi connectivity index (χ3n) is 3.96. The summed E-state index contributed by atoms with van der Waals surface area (Å²) in [6.45, 7) is 3.47. The Morgan fingerprint density at radius 3 is 2.37 bits per heavy atom. The number of nitrogens with two attached hydrogens (primary N) is 1. The number of imide groups is 1. The molecule has 0 bridgehead atoms. The Morgan fingerprint density at radius 1 is 1.17 bits per heavy atom. The van der Waals surface area contributed by atoms with E-state index in [1.165, 1.54) is 18.2 Å². The second-order valence-electron chi connectivity index (χ2n) is 6.34. The standard InChI is InChI=1S/C17H14Cl2N6O5/c1-6(2)8-5-11(22-23-15(8)27)30-13-9(18)3-7(4-10(13)19)25-17(29)21-16(28)12(24-25)14(20)26/h3-5,12,24H,1-2H3,(H2,20,26)(H,21,28,29). The molecule has 1 fully saturated rings. The van der Waals surface area contributed by atoms with Gasteiger partial charge in [0.15, 0.2) is 11.8 Å². The van der Waals surface area contributed by atoms with Gasteiger partial charge in [-0.15, -0.1) is 10.2 Å². The number of rotatable bonds is 4. The topological polar surface area (TPSA) is 156 Å². The normalized spacial score (nSPS) is 18.9. The van der Waals surface area contributed by atoms with Gasteiger partial charge in [-0.3, -0.25) is 19.7 Å². The lowest BCUT2D eigenvalue weighted by Crippen LogP contribution is -2.68. The quantitative estimate of drug-likeness (QED) is 0.468. The molecule has 0 aliphatic carbocycles. The largest absolute Gasteiger partial charge is 0.434 e. The summed E-state index contributed by atoms with van der Waals surface area (Å²) in [6, 6.07) is 0.269. The van der Waals surface area contributed by atoms with Gasteiger partial charge in [0.2, 0.25) is 11.8 Å². The Kier molecular flexibility index (Phi) is 5.87. The van der Waals surface area contributed by atoms with Crippen molar-refractivity contribution in [3.63, 3.8) is 0 Å². The molecule has 1 aromatic rings. The zero-order chi connectivity index (χ0) is 22.2. The third-order valence-corrected chi connectivity index (χ3v) is 4.52. The molecular formula is C17H14Cl2N6O5. The Morgan fingerprint density at radius 2 is 1.80 bits per heavy atom. The second kappa shape index (κ2) is 8.22. The number of hydrogen-bond donors (Lipinski definition) is 3. The first-order valence-electron chi connectivity index (χ1n) is 8.31. The number of primary amides is 1. The number of anilines is 1. The van der Waals surface area contributed by atoms with Gasteiger partial charge < -0.3 is 10.5 Å². The van der Waals surface area contributed by atoms with Crippen molar-refractivity contribution in [2.75, 3.05) is 5.01 Å². The van der Waals surface area contributed by atoms with Crippen molar-refractivity contribution in [2.45, 2.75) is 19.9 Å². The minimum absolute atomic E-state index is 0.00492. The molecule has 0 radical (unpaired) electrons. The summed E-state index contributed by atoms with van der Waals surface area (Å²) in [6.07, 6.45) is 1.40. The first-order chi connectivity index (χ1) is 14.1. The van der Waals surface area contributed by atoms with Crippen LogP contribution in [0.4, 0.5) is 10.5 Å². The Balaban J connectivity index is 1.90. The lowest BCUT2D eigenvalue weighted by Gasteiger charge is -2.31. The maximum Gasteiger partial charge on any atom is 0.343 e. The van der Waals surface area contributed by atoms with Crippen LogP contribution in [0, 0.1) is 0 Å². The minimum Gasteiger partial charge on any atom is -0.434 e. The van der Waals surface area contributed by atoms with Crippen LogP contribution in [-0.2, 0) is 14.4 Å². The minimum atomic E-state index is -1.47.